The van der Waals surface area contributed by atoms with Crippen LogP contribution in [0, 0.1) is 11.3 Å². The molecule has 2 N–H and O–H groups in total. The number of carbonyl (C=O) groups is 1. The number of hydrogen-bond donors (Lipinski definition) is 2. The maximum absolute atomic E-state index is 11.7. The monoisotopic (exact) mass is 312 g/mol. The average molecular weight is 312 g/mol. The lowest BCUT2D eigenvalue weighted by Crippen LogP contribution is -2.44. The minimum atomic E-state index is -0.438. The van der Waals surface area contributed by atoms with Crippen molar-refractivity contribution in [2.45, 2.75) is 91.8 Å². The zero-order chi connectivity index (χ0) is 17.0. The van der Waals surface area contributed by atoms with Gasteiger partial charge in [-0.3, -0.25) is 0 Å². The highest BCUT2D eigenvalue weighted by Crippen LogP contribution is 2.38. The highest BCUT2D eigenvalue weighted by atomic mass is 16.6. The molecule has 0 spiro atoms. The third kappa shape index (κ3) is 7.48. The van der Waals surface area contributed by atoms with E-state index in [2.05, 4.69) is 31.4 Å². The van der Waals surface area contributed by atoms with Crippen LogP contribution in [0.5, 0.6) is 0 Å². The molecule has 0 aromatic rings. The smallest absolute Gasteiger partial charge is 0.407 e. The Morgan fingerprint density at radius 2 is 2.00 bits per heavy atom. The van der Waals surface area contributed by atoms with Crippen molar-refractivity contribution in [1.82, 2.24) is 10.6 Å². The predicted octanol–water partition coefficient (Wildman–Crippen LogP) is 4.09. The number of carbonyl (C=O) groups excluding carboxylic acids is 1. The molecular weight excluding hydrogens is 276 g/mol. The molecule has 0 aromatic heterocycles. The summed E-state index contributed by atoms with van der Waals surface area (Å²) < 4.78 is 5.27. The van der Waals surface area contributed by atoms with E-state index in [0.29, 0.717) is 11.5 Å². The third-order valence-corrected chi connectivity index (χ3v) is 4.44. The first-order chi connectivity index (χ1) is 9.98. The topological polar surface area (TPSA) is 50.4 Å². The van der Waals surface area contributed by atoms with Gasteiger partial charge in [-0.15, -0.1) is 0 Å². The highest BCUT2D eigenvalue weighted by Gasteiger charge is 2.31. The van der Waals surface area contributed by atoms with E-state index in [9.17, 15) is 4.79 Å². The van der Waals surface area contributed by atoms with Crippen LogP contribution in [0.4, 0.5) is 4.79 Å². The Bertz CT molecular complexity index is 361. The molecule has 3 unspecified atom stereocenters. The number of nitrogens with one attached hydrogen (secondary N) is 2. The molecule has 1 amide bonds. The molecule has 0 bridgehead atoms. The number of hydrogen-bond acceptors (Lipinski definition) is 3. The quantitative estimate of drug-likeness (QED) is 0.803. The van der Waals surface area contributed by atoms with Crippen LogP contribution in [-0.2, 0) is 4.74 Å². The molecule has 4 nitrogen and oxygen atoms in total. The van der Waals surface area contributed by atoms with Crippen LogP contribution in [0.1, 0.15) is 74.1 Å². The largest absolute Gasteiger partial charge is 0.444 e. The fourth-order valence-corrected chi connectivity index (χ4v) is 3.32. The van der Waals surface area contributed by atoms with E-state index < -0.39 is 5.60 Å². The Morgan fingerprint density at radius 3 is 2.55 bits per heavy atom. The Kier molecular flexibility index (Phi) is 6.72. The highest BCUT2D eigenvalue weighted by molar-refractivity contribution is 5.67. The van der Waals surface area contributed by atoms with Crippen molar-refractivity contribution in [3.05, 3.63) is 0 Å². The number of ether oxygens (including phenoxy) is 1. The van der Waals surface area contributed by atoms with E-state index >= 15 is 0 Å². The van der Waals surface area contributed by atoms with Gasteiger partial charge in [0.05, 0.1) is 0 Å². The lowest BCUT2D eigenvalue weighted by Gasteiger charge is -2.39. The van der Waals surface area contributed by atoms with Crippen molar-refractivity contribution < 1.29 is 9.53 Å². The van der Waals surface area contributed by atoms with Gasteiger partial charge in [0.15, 0.2) is 0 Å². The van der Waals surface area contributed by atoms with Crippen molar-refractivity contribution >= 4 is 6.09 Å². The summed E-state index contributed by atoms with van der Waals surface area (Å²) in [5.41, 5.74) is 0.0511. The fourth-order valence-electron chi connectivity index (χ4n) is 3.32. The van der Waals surface area contributed by atoms with E-state index in [-0.39, 0.29) is 12.1 Å². The van der Waals surface area contributed by atoms with Crippen LogP contribution in [-0.4, -0.2) is 30.3 Å². The maximum atomic E-state index is 11.7. The molecule has 22 heavy (non-hydrogen) atoms. The fraction of sp³-hybridized carbons (Fsp3) is 0.944. The Balaban J connectivity index is 2.22. The zero-order valence-corrected chi connectivity index (χ0v) is 15.6. The summed E-state index contributed by atoms with van der Waals surface area (Å²) in [5, 5.41) is 6.57. The van der Waals surface area contributed by atoms with Crippen molar-refractivity contribution in [2.24, 2.45) is 11.3 Å². The zero-order valence-electron chi connectivity index (χ0n) is 15.6. The molecule has 0 saturated heterocycles. The molecule has 0 heterocycles. The number of rotatable bonds is 5. The van der Waals surface area contributed by atoms with Crippen LogP contribution in [0.25, 0.3) is 0 Å². The van der Waals surface area contributed by atoms with E-state index in [1.165, 1.54) is 19.3 Å². The molecule has 4 heteroatoms. The van der Waals surface area contributed by atoms with Crippen LogP contribution in [0.3, 0.4) is 0 Å². The van der Waals surface area contributed by atoms with Gasteiger partial charge >= 0.3 is 6.09 Å². The molecule has 1 saturated carbocycles. The molecular formula is C18H36N2O2. The standard InChI is InChI=1S/C18H36N2O2/c1-13-12-18(6,7)10-8-15(13)19-11-9-14(2)20-16(21)22-17(3,4)5/h13-15,19H,8-12H2,1-7H3,(H,20,21). The first kappa shape index (κ1) is 19.3. The van der Waals surface area contributed by atoms with Gasteiger partial charge in [-0.25, -0.2) is 4.79 Å². The summed E-state index contributed by atoms with van der Waals surface area (Å²) in [4.78, 5) is 11.7. The summed E-state index contributed by atoms with van der Waals surface area (Å²) in [7, 11) is 0. The lowest BCUT2D eigenvalue weighted by atomic mass is 9.70. The van der Waals surface area contributed by atoms with Crippen LogP contribution < -0.4 is 10.6 Å². The second-order valence-corrected chi connectivity index (χ2v) is 8.78. The predicted molar refractivity (Wildman–Crippen MR) is 92.0 cm³/mol. The second kappa shape index (κ2) is 7.67. The molecule has 0 aliphatic heterocycles. The summed E-state index contributed by atoms with van der Waals surface area (Å²) in [6.45, 7) is 15.7. The normalized spacial score (nSPS) is 26.3. The summed E-state index contributed by atoms with van der Waals surface area (Å²) >= 11 is 0. The van der Waals surface area contributed by atoms with Gasteiger partial charge in [-0.05, 0) is 71.3 Å². The van der Waals surface area contributed by atoms with Crippen molar-refractivity contribution in [2.75, 3.05) is 6.54 Å². The number of alkyl carbamates (subject to hydrolysis) is 1. The molecule has 1 aliphatic carbocycles. The van der Waals surface area contributed by atoms with Gasteiger partial charge in [-0.1, -0.05) is 20.8 Å². The molecule has 1 rings (SSSR count). The Hall–Kier alpha value is -0.770. The maximum Gasteiger partial charge on any atom is 0.407 e. The summed E-state index contributed by atoms with van der Waals surface area (Å²) in [6.07, 6.45) is 4.43. The number of amides is 1. The molecule has 1 aliphatic rings. The lowest BCUT2D eigenvalue weighted by molar-refractivity contribution is 0.0505. The summed E-state index contributed by atoms with van der Waals surface area (Å²) in [5.74, 6) is 0.720. The SMILES string of the molecule is CC(CCNC1CCC(C)(C)CC1C)NC(=O)OC(C)(C)C. The minimum Gasteiger partial charge on any atom is -0.444 e. The van der Waals surface area contributed by atoms with E-state index in [0.717, 1.165) is 18.9 Å². The van der Waals surface area contributed by atoms with Crippen molar-refractivity contribution in [1.29, 1.82) is 0 Å². The van der Waals surface area contributed by atoms with Gasteiger partial charge < -0.3 is 15.4 Å². The van der Waals surface area contributed by atoms with Crippen LogP contribution in [0.2, 0.25) is 0 Å². The van der Waals surface area contributed by atoms with Gasteiger partial charge in [0.1, 0.15) is 5.60 Å². The Labute approximate surface area is 136 Å². The van der Waals surface area contributed by atoms with E-state index in [1.54, 1.807) is 0 Å². The Morgan fingerprint density at radius 1 is 1.36 bits per heavy atom. The molecule has 3 atom stereocenters. The van der Waals surface area contributed by atoms with Crippen LogP contribution >= 0.6 is 0 Å². The van der Waals surface area contributed by atoms with Gasteiger partial charge in [0.25, 0.3) is 0 Å². The van der Waals surface area contributed by atoms with E-state index in [1.807, 2.05) is 27.7 Å². The average Bonchev–Trinajstić information content (AvgIpc) is 2.28. The summed E-state index contributed by atoms with van der Waals surface area (Å²) in [6, 6.07) is 0.736. The third-order valence-electron chi connectivity index (χ3n) is 4.44. The van der Waals surface area contributed by atoms with E-state index in [4.69, 9.17) is 4.74 Å². The second-order valence-electron chi connectivity index (χ2n) is 8.78. The van der Waals surface area contributed by atoms with Crippen LogP contribution in [0.15, 0.2) is 0 Å². The molecule has 0 radical (unpaired) electrons. The first-order valence-corrected chi connectivity index (χ1v) is 8.71. The van der Waals surface area contributed by atoms with Gasteiger partial charge in [-0.2, -0.15) is 0 Å². The molecule has 130 valence electrons. The van der Waals surface area contributed by atoms with Crippen molar-refractivity contribution in [3.8, 4) is 0 Å². The molecule has 1 fully saturated rings. The van der Waals surface area contributed by atoms with Gasteiger partial charge in [0, 0.05) is 12.1 Å². The first-order valence-electron chi connectivity index (χ1n) is 8.71. The molecule has 0 aromatic carbocycles. The van der Waals surface area contributed by atoms with Gasteiger partial charge in [0.2, 0.25) is 0 Å². The minimum absolute atomic E-state index is 0.123. The van der Waals surface area contributed by atoms with Crippen molar-refractivity contribution in [3.63, 3.8) is 0 Å².